The lowest BCUT2D eigenvalue weighted by atomic mass is 9.92. The molecule has 1 saturated carbocycles. The number of amides is 1. The van der Waals surface area contributed by atoms with Crippen molar-refractivity contribution < 1.29 is 9.90 Å². The Hall–Kier alpha value is -0.610. The van der Waals surface area contributed by atoms with Gasteiger partial charge < -0.3 is 16.2 Å². The topological polar surface area (TPSA) is 75.4 Å². The standard InChI is InChI=1S/C10H20N2O2/c1-7(6-10(11)14)12-8-4-2-3-5-9(8)13/h7-9,12-13H,2-6H2,1H3,(H2,11,14)/t7?,8-,9-/m1/s1. The van der Waals surface area contributed by atoms with E-state index >= 15 is 0 Å². The number of carbonyl (C=O) groups is 1. The van der Waals surface area contributed by atoms with Crippen molar-refractivity contribution in [3.05, 3.63) is 0 Å². The predicted octanol–water partition coefficient (Wildman–Crippen LogP) is 0.143. The van der Waals surface area contributed by atoms with Gasteiger partial charge in [-0.1, -0.05) is 12.8 Å². The summed E-state index contributed by atoms with van der Waals surface area (Å²) < 4.78 is 0. The van der Waals surface area contributed by atoms with Crippen LogP contribution in [0.25, 0.3) is 0 Å². The second kappa shape index (κ2) is 5.32. The van der Waals surface area contributed by atoms with Gasteiger partial charge in [-0.15, -0.1) is 0 Å². The molecule has 0 spiro atoms. The lowest BCUT2D eigenvalue weighted by Crippen LogP contribution is -2.47. The molecule has 4 nitrogen and oxygen atoms in total. The van der Waals surface area contributed by atoms with E-state index in [0.29, 0.717) is 6.42 Å². The summed E-state index contributed by atoms with van der Waals surface area (Å²) in [7, 11) is 0. The van der Waals surface area contributed by atoms with Crippen molar-refractivity contribution in [2.45, 2.75) is 57.2 Å². The van der Waals surface area contributed by atoms with E-state index in [-0.39, 0.29) is 24.1 Å². The first-order valence-electron chi connectivity index (χ1n) is 5.32. The number of nitrogens with two attached hydrogens (primary N) is 1. The maximum absolute atomic E-state index is 10.7. The maximum atomic E-state index is 10.7. The molecule has 0 bridgehead atoms. The Morgan fingerprint density at radius 3 is 2.79 bits per heavy atom. The molecule has 0 saturated heterocycles. The van der Waals surface area contributed by atoms with Gasteiger partial charge in [-0.2, -0.15) is 0 Å². The first-order valence-corrected chi connectivity index (χ1v) is 5.32. The zero-order valence-corrected chi connectivity index (χ0v) is 8.70. The number of aliphatic hydroxyl groups is 1. The first-order chi connectivity index (χ1) is 6.59. The van der Waals surface area contributed by atoms with Crippen LogP contribution >= 0.6 is 0 Å². The van der Waals surface area contributed by atoms with E-state index in [4.69, 9.17) is 5.73 Å². The van der Waals surface area contributed by atoms with Crippen LogP contribution in [0.1, 0.15) is 39.0 Å². The molecule has 0 aliphatic heterocycles. The summed E-state index contributed by atoms with van der Waals surface area (Å²) in [6, 6.07) is 0.198. The Morgan fingerprint density at radius 1 is 1.57 bits per heavy atom. The van der Waals surface area contributed by atoms with E-state index in [1.54, 1.807) is 0 Å². The molecule has 14 heavy (non-hydrogen) atoms. The summed E-state index contributed by atoms with van der Waals surface area (Å²) in [6.45, 7) is 1.92. The molecule has 0 aromatic carbocycles. The van der Waals surface area contributed by atoms with Crippen molar-refractivity contribution >= 4 is 5.91 Å². The van der Waals surface area contributed by atoms with Crippen LogP contribution < -0.4 is 11.1 Å². The van der Waals surface area contributed by atoms with E-state index in [0.717, 1.165) is 25.7 Å². The highest BCUT2D eigenvalue weighted by molar-refractivity contribution is 5.74. The van der Waals surface area contributed by atoms with Crippen molar-refractivity contribution in [3.63, 3.8) is 0 Å². The molecule has 0 heterocycles. The van der Waals surface area contributed by atoms with Crippen LogP contribution in [0.5, 0.6) is 0 Å². The second-order valence-electron chi connectivity index (χ2n) is 4.20. The summed E-state index contributed by atoms with van der Waals surface area (Å²) in [5.74, 6) is -0.296. The highest BCUT2D eigenvalue weighted by atomic mass is 16.3. The van der Waals surface area contributed by atoms with Gasteiger partial charge in [0, 0.05) is 18.5 Å². The van der Waals surface area contributed by atoms with Gasteiger partial charge in [-0.25, -0.2) is 0 Å². The molecule has 1 aliphatic rings. The minimum atomic E-state index is -0.296. The van der Waals surface area contributed by atoms with Crippen molar-refractivity contribution in [1.82, 2.24) is 5.32 Å². The molecule has 82 valence electrons. The quantitative estimate of drug-likeness (QED) is 0.604. The zero-order valence-electron chi connectivity index (χ0n) is 8.70. The van der Waals surface area contributed by atoms with E-state index in [2.05, 4.69) is 5.32 Å². The monoisotopic (exact) mass is 200 g/mol. The Morgan fingerprint density at radius 2 is 2.21 bits per heavy atom. The van der Waals surface area contributed by atoms with Gasteiger partial charge in [0.05, 0.1) is 6.10 Å². The molecule has 4 heteroatoms. The fourth-order valence-electron chi connectivity index (χ4n) is 2.03. The molecule has 1 rings (SSSR count). The average Bonchev–Trinajstić information content (AvgIpc) is 2.07. The summed E-state index contributed by atoms with van der Waals surface area (Å²) in [6.07, 6.45) is 4.18. The van der Waals surface area contributed by atoms with E-state index in [9.17, 15) is 9.90 Å². The molecule has 1 amide bonds. The Balaban J connectivity index is 2.30. The summed E-state index contributed by atoms with van der Waals surface area (Å²) in [5, 5.41) is 12.9. The van der Waals surface area contributed by atoms with Crippen LogP contribution in [0.3, 0.4) is 0 Å². The summed E-state index contributed by atoms with van der Waals surface area (Å²) >= 11 is 0. The van der Waals surface area contributed by atoms with Gasteiger partial charge in [0.1, 0.15) is 0 Å². The van der Waals surface area contributed by atoms with Crippen LogP contribution in [0.15, 0.2) is 0 Å². The SMILES string of the molecule is CC(CC(N)=O)N[C@@H]1CCCC[C@H]1O. The maximum Gasteiger partial charge on any atom is 0.218 e. The minimum Gasteiger partial charge on any atom is -0.392 e. The normalized spacial score (nSPS) is 29.9. The number of primary amides is 1. The van der Waals surface area contributed by atoms with E-state index < -0.39 is 0 Å². The highest BCUT2D eigenvalue weighted by Crippen LogP contribution is 2.18. The molecule has 0 aromatic heterocycles. The number of carbonyl (C=O) groups excluding carboxylic acids is 1. The van der Waals surface area contributed by atoms with Gasteiger partial charge >= 0.3 is 0 Å². The summed E-state index contributed by atoms with van der Waals surface area (Å²) in [4.78, 5) is 10.7. The third kappa shape index (κ3) is 3.64. The van der Waals surface area contributed by atoms with E-state index in [1.807, 2.05) is 6.92 Å². The fraction of sp³-hybridized carbons (Fsp3) is 0.900. The van der Waals surface area contributed by atoms with Crippen LogP contribution in [-0.2, 0) is 4.79 Å². The van der Waals surface area contributed by atoms with Gasteiger partial charge in [0.2, 0.25) is 5.91 Å². The highest BCUT2D eigenvalue weighted by Gasteiger charge is 2.24. The third-order valence-electron chi connectivity index (χ3n) is 2.74. The Labute approximate surface area is 84.9 Å². The molecule has 0 aromatic rings. The number of nitrogens with one attached hydrogen (secondary N) is 1. The van der Waals surface area contributed by atoms with Crippen molar-refractivity contribution in [1.29, 1.82) is 0 Å². The molecular formula is C10H20N2O2. The number of hydrogen-bond acceptors (Lipinski definition) is 3. The Kier molecular flexibility index (Phi) is 4.35. The molecule has 3 atom stereocenters. The number of hydrogen-bond donors (Lipinski definition) is 3. The van der Waals surface area contributed by atoms with Gasteiger partial charge in [0.15, 0.2) is 0 Å². The van der Waals surface area contributed by atoms with E-state index in [1.165, 1.54) is 0 Å². The number of aliphatic hydroxyl groups excluding tert-OH is 1. The number of rotatable bonds is 4. The largest absolute Gasteiger partial charge is 0.392 e. The van der Waals surface area contributed by atoms with Crippen LogP contribution in [0.2, 0.25) is 0 Å². The average molecular weight is 200 g/mol. The van der Waals surface area contributed by atoms with Crippen molar-refractivity contribution in [2.24, 2.45) is 5.73 Å². The molecule has 1 fully saturated rings. The van der Waals surface area contributed by atoms with Crippen molar-refractivity contribution in [2.75, 3.05) is 0 Å². The molecule has 4 N–H and O–H groups in total. The third-order valence-corrected chi connectivity index (χ3v) is 2.74. The molecule has 1 aliphatic carbocycles. The molecule has 0 radical (unpaired) electrons. The Bertz CT molecular complexity index is 197. The first kappa shape index (κ1) is 11.5. The second-order valence-corrected chi connectivity index (χ2v) is 4.20. The predicted molar refractivity (Wildman–Crippen MR) is 54.7 cm³/mol. The lowest BCUT2D eigenvalue weighted by molar-refractivity contribution is -0.118. The molecular weight excluding hydrogens is 180 g/mol. The van der Waals surface area contributed by atoms with Crippen molar-refractivity contribution in [3.8, 4) is 0 Å². The van der Waals surface area contributed by atoms with Gasteiger partial charge in [-0.05, 0) is 19.8 Å². The lowest BCUT2D eigenvalue weighted by Gasteiger charge is -2.30. The van der Waals surface area contributed by atoms with Gasteiger partial charge in [-0.3, -0.25) is 4.79 Å². The van der Waals surface area contributed by atoms with Crippen LogP contribution in [-0.4, -0.2) is 29.2 Å². The molecule has 1 unspecified atom stereocenters. The van der Waals surface area contributed by atoms with Crippen LogP contribution in [0.4, 0.5) is 0 Å². The van der Waals surface area contributed by atoms with Gasteiger partial charge in [0.25, 0.3) is 0 Å². The van der Waals surface area contributed by atoms with Crippen LogP contribution in [0, 0.1) is 0 Å². The smallest absolute Gasteiger partial charge is 0.218 e. The summed E-state index contributed by atoms with van der Waals surface area (Å²) in [5.41, 5.74) is 5.09. The fourth-order valence-corrected chi connectivity index (χ4v) is 2.03. The zero-order chi connectivity index (χ0) is 10.6. The minimum absolute atomic E-state index is 0.0604.